The molecule has 1 aromatic heterocycles. The number of aliphatic hydroxyl groups is 1. The van der Waals surface area contributed by atoms with Crippen molar-refractivity contribution in [2.45, 2.75) is 0 Å². The van der Waals surface area contributed by atoms with Gasteiger partial charge in [-0.2, -0.15) is 0 Å². The molecule has 0 fully saturated rings. The molecule has 0 bridgehead atoms. The van der Waals surface area contributed by atoms with Crippen molar-refractivity contribution >= 4 is 11.7 Å². The summed E-state index contributed by atoms with van der Waals surface area (Å²) in [6.45, 7) is 1.55. The molecule has 0 aliphatic carbocycles. The molecule has 0 atom stereocenters. The van der Waals surface area contributed by atoms with E-state index in [1.165, 1.54) is 0 Å². The fourth-order valence-electron chi connectivity index (χ4n) is 2.36. The zero-order chi connectivity index (χ0) is 17.5. The molecule has 6 heteroatoms. The molecule has 0 aliphatic rings. The number of carbonyl (C=O) groups is 1. The molecule has 2 aromatic rings. The molecule has 0 radical (unpaired) electrons. The Balaban J connectivity index is 2.23. The number of aliphatic hydroxyl groups excluding tert-OH is 1. The van der Waals surface area contributed by atoms with Crippen molar-refractivity contribution in [2.24, 2.45) is 0 Å². The molecular formula is C18H24N4O2. The molecule has 6 nitrogen and oxygen atoms in total. The van der Waals surface area contributed by atoms with Gasteiger partial charge in [0.2, 0.25) is 0 Å². The summed E-state index contributed by atoms with van der Waals surface area (Å²) in [6, 6.07) is 12.7. The Morgan fingerprint density at radius 1 is 1.12 bits per heavy atom. The van der Waals surface area contributed by atoms with Gasteiger partial charge in [-0.05, 0) is 38.4 Å². The third kappa shape index (κ3) is 4.78. The SMILES string of the molecule is CN(C)CCN(CCO)C(=O)c1cccc(-c2cccc(N)n2)c1. The number of anilines is 1. The summed E-state index contributed by atoms with van der Waals surface area (Å²) in [4.78, 5) is 20.7. The minimum Gasteiger partial charge on any atom is -0.395 e. The van der Waals surface area contributed by atoms with Gasteiger partial charge in [-0.3, -0.25) is 4.79 Å². The van der Waals surface area contributed by atoms with Crippen molar-refractivity contribution in [3.8, 4) is 11.3 Å². The summed E-state index contributed by atoms with van der Waals surface area (Å²) in [7, 11) is 3.90. The summed E-state index contributed by atoms with van der Waals surface area (Å²) in [5.41, 5.74) is 7.87. The molecule has 0 saturated heterocycles. The zero-order valence-corrected chi connectivity index (χ0v) is 14.1. The minimum absolute atomic E-state index is 0.0599. The van der Waals surface area contributed by atoms with Crippen molar-refractivity contribution in [3.05, 3.63) is 48.0 Å². The summed E-state index contributed by atoms with van der Waals surface area (Å²) in [6.07, 6.45) is 0. The molecule has 0 saturated carbocycles. The number of nitrogens with zero attached hydrogens (tertiary/aromatic N) is 3. The minimum atomic E-state index is -0.100. The van der Waals surface area contributed by atoms with Crippen molar-refractivity contribution in [1.29, 1.82) is 0 Å². The van der Waals surface area contributed by atoms with Crippen molar-refractivity contribution in [3.63, 3.8) is 0 Å². The second kappa shape index (κ2) is 8.42. The molecule has 0 unspecified atom stereocenters. The number of amides is 1. The molecule has 0 aliphatic heterocycles. The van der Waals surface area contributed by atoms with Crippen LogP contribution in [0.1, 0.15) is 10.4 Å². The number of carbonyl (C=O) groups excluding carboxylic acids is 1. The Morgan fingerprint density at radius 2 is 1.88 bits per heavy atom. The van der Waals surface area contributed by atoms with E-state index in [4.69, 9.17) is 5.73 Å². The number of pyridine rings is 1. The third-order valence-electron chi connectivity index (χ3n) is 3.65. The van der Waals surface area contributed by atoms with Crippen molar-refractivity contribution < 1.29 is 9.90 Å². The van der Waals surface area contributed by atoms with E-state index in [2.05, 4.69) is 4.98 Å². The Bertz CT molecular complexity index is 688. The largest absolute Gasteiger partial charge is 0.395 e. The summed E-state index contributed by atoms with van der Waals surface area (Å²) >= 11 is 0. The van der Waals surface area contributed by atoms with Crippen LogP contribution < -0.4 is 5.73 Å². The number of hydrogen-bond donors (Lipinski definition) is 2. The van der Waals surface area contributed by atoms with Crippen LogP contribution in [-0.2, 0) is 0 Å². The highest BCUT2D eigenvalue weighted by Gasteiger charge is 2.16. The van der Waals surface area contributed by atoms with E-state index in [0.717, 1.165) is 17.8 Å². The highest BCUT2D eigenvalue weighted by molar-refractivity contribution is 5.95. The van der Waals surface area contributed by atoms with Gasteiger partial charge in [0.1, 0.15) is 5.82 Å². The molecule has 1 aromatic carbocycles. The normalized spacial score (nSPS) is 10.8. The van der Waals surface area contributed by atoms with Gasteiger partial charge < -0.3 is 20.6 Å². The average molecular weight is 328 g/mol. The maximum Gasteiger partial charge on any atom is 0.253 e. The molecule has 128 valence electrons. The maximum atomic E-state index is 12.7. The lowest BCUT2D eigenvalue weighted by Crippen LogP contribution is -2.38. The monoisotopic (exact) mass is 328 g/mol. The number of nitrogen functional groups attached to an aromatic ring is 1. The van der Waals surface area contributed by atoms with E-state index in [-0.39, 0.29) is 12.5 Å². The van der Waals surface area contributed by atoms with Gasteiger partial charge in [0.15, 0.2) is 0 Å². The van der Waals surface area contributed by atoms with E-state index in [1.807, 2.05) is 49.3 Å². The predicted octanol–water partition coefficient (Wildman–Crippen LogP) is 1.33. The molecule has 2 rings (SSSR count). The summed E-state index contributed by atoms with van der Waals surface area (Å²) < 4.78 is 0. The van der Waals surface area contributed by atoms with E-state index in [0.29, 0.717) is 24.5 Å². The van der Waals surface area contributed by atoms with Crippen molar-refractivity contribution in [1.82, 2.24) is 14.8 Å². The van der Waals surface area contributed by atoms with Crippen LogP contribution in [0.3, 0.4) is 0 Å². The van der Waals surface area contributed by atoms with Crippen LogP contribution in [0.15, 0.2) is 42.5 Å². The summed E-state index contributed by atoms with van der Waals surface area (Å²) in [5.74, 6) is 0.341. The number of benzene rings is 1. The highest BCUT2D eigenvalue weighted by atomic mass is 16.3. The van der Waals surface area contributed by atoms with Crippen LogP contribution in [0.2, 0.25) is 0 Å². The first-order chi connectivity index (χ1) is 11.5. The fraction of sp³-hybridized carbons (Fsp3) is 0.333. The number of rotatable bonds is 7. The van der Waals surface area contributed by atoms with Gasteiger partial charge in [-0.1, -0.05) is 18.2 Å². The van der Waals surface area contributed by atoms with E-state index in [1.54, 1.807) is 17.0 Å². The lowest BCUT2D eigenvalue weighted by Gasteiger charge is -2.24. The number of aromatic nitrogens is 1. The van der Waals surface area contributed by atoms with Gasteiger partial charge in [0, 0.05) is 30.8 Å². The quantitative estimate of drug-likeness (QED) is 0.801. The Hall–Kier alpha value is -2.44. The first-order valence-corrected chi connectivity index (χ1v) is 7.89. The molecule has 3 N–H and O–H groups in total. The van der Waals surface area contributed by atoms with E-state index in [9.17, 15) is 9.90 Å². The zero-order valence-electron chi connectivity index (χ0n) is 14.1. The Kier molecular flexibility index (Phi) is 6.28. The second-order valence-corrected chi connectivity index (χ2v) is 5.85. The topological polar surface area (TPSA) is 82.7 Å². The van der Waals surface area contributed by atoms with Crippen LogP contribution in [-0.4, -0.2) is 66.1 Å². The fourth-order valence-corrected chi connectivity index (χ4v) is 2.36. The van der Waals surface area contributed by atoms with Crippen LogP contribution in [0, 0.1) is 0 Å². The van der Waals surface area contributed by atoms with Crippen LogP contribution in [0.25, 0.3) is 11.3 Å². The van der Waals surface area contributed by atoms with E-state index >= 15 is 0 Å². The maximum absolute atomic E-state index is 12.7. The molecule has 1 heterocycles. The molecule has 1 amide bonds. The molecular weight excluding hydrogens is 304 g/mol. The second-order valence-electron chi connectivity index (χ2n) is 5.85. The van der Waals surface area contributed by atoms with Crippen LogP contribution in [0.5, 0.6) is 0 Å². The van der Waals surface area contributed by atoms with Gasteiger partial charge in [-0.25, -0.2) is 4.98 Å². The van der Waals surface area contributed by atoms with Crippen LogP contribution >= 0.6 is 0 Å². The van der Waals surface area contributed by atoms with Gasteiger partial charge in [0.25, 0.3) is 5.91 Å². The number of hydrogen-bond acceptors (Lipinski definition) is 5. The number of likely N-dealkylation sites (N-methyl/N-ethyl adjacent to an activating group) is 1. The van der Waals surface area contributed by atoms with Gasteiger partial charge in [-0.15, -0.1) is 0 Å². The lowest BCUT2D eigenvalue weighted by molar-refractivity contribution is 0.0710. The highest BCUT2D eigenvalue weighted by Crippen LogP contribution is 2.20. The first kappa shape index (κ1) is 17.9. The van der Waals surface area contributed by atoms with Gasteiger partial charge in [0.05, 0.1) is 12.3 Å². The summed E-state index contributed by atoms with van der Waals surface area (Å²) in [5, 5.41) is 9.23. The Morgan fingerprint density at radius 3 is 2.54 bits per heavy atom. The lowest BCUT2D eigenvalue weighted by atomic mass is 10.1. The average Bonchev–Trinajstić information content (AvgIpc) is 2.58. The molecule has 24 heavy (non-hydrogen) atoms. The standard InChI is InChI=1S/C18H24N4O2/c1-21(2)9-10-22(11-12-23)18(24)15-6-3-5-14(13-15)16-7-4-8-17(19)20-16/h3-8,13,23H,9-12H2,1-2H3,(H2,19,20). The van der Waals surface area contributed by atoms with Gasteiger partial charge >= 0.3 is 0 Å². The third-order valence-corrected chi connectivity index (χ3v) is 3.65. The van der Waals surface area contributed by atoms with E-state index < -0.39 is 0 Å². The smallest absolute Gasteiger partial charge is 0.253 e. The molecule has 0 spiro atoms. The first-order valence-electron chi connectivity index (χ1n) is 7.89. The van der Waals surface area contributed by atoms with Crippen LogP contribution in [0.4, 0.5) is 5.82 Å². The van der Waals surface area contributed by atoms with Crippen molar-refractivity contribution in [2.75, 3.05) is 46.1 Å². The number of nitrogens with two attached hydrogens (primary N) is 1. The Labute approximate surface area is 142 Å². The predicted molar refractivity (Wildman–Crippen MR) is 95.6 cm³/mol.